The Bertz CT molecular complexity index is 427. The van der Waals surface area contributed by atoms with Gasteiger partial charge >= 0.3 is 0 Å². The van der Waals surface area contributed by atoms with Crippen LogP contribution in [0.5, 0.6) is 0 Å². The van der Waals surface area contributed by atoms with Gasteiger partial charge in [-0.2, -0.15) is 0 Å². The molecule has 3 heteroatoms. The van der Waals surface area contributed by atoms with E-state index in [2.05, 4.69) is 43.9 Å². The molecule has 1 aliphatic rings. The number of aryl methyl sites for hydroxylation is 2. The van der Waals surface area contributed by atoms with Gasteiger partial charge in [0, 0.05) is 30.4 Å². The summed E-state index contributed by atoms with van der Waals surface area (Å²) in [6.07, 6.45) is 2.60. The third-order valence-corrected chi connectivity index (χ3v) is 5.39. The lowest BCUT2D eigenvalue weighted by Gasteiger charge is -2.31. The molecule has 1 aromatic rings. The summed E-state index contributed by atoms with van der Waals surface area (Å²) >= 11 is 1.99. The Morgan fingerprint density at radius 2 is 1.95 bits per heavy atom. The maximum atomic E-state index is 5.55. The molecule has 2 rings (SSSR count). The molecule has 21 heavy (non-hydrogen) atoms. The van der Waals surface area contributed by atoms with Gasteiger partial charge in [0.2, 0.25) is 0 Å². The highest BCUT2D eigenvalue weighted by atomic mass is 32.2. The number of nitrogens with zero attached hydrogens (tertiary/aromatic N) is 1. The second-order valence-corrected chi connectivity index (χ2v) is 7.21. The van der Waals surface area contributed by atoms with Gasteiger partial charge in [-0.25, -0.2) is 0 Å². The summed E-state index contributed by atoms with van der Waals surface area (Å²) in [5, 5.41) is 0. The fraction of sp³-hybridized carbons (Fsp3) is 0.667. The van der Waals surface area contributed by atoms with Crippen molar-refractivity contribution in [2.24, 2.45) is 5.92 Å². The molecule has 1 fully saturated rings. The predicted molar refractivity (Wildman–Crippen MR) is 92.3 cm³/mol. The average molecular weight is 308 g/mol. The first-order valence-electron chi connectivity index (χ1n) is 8.19. The van der Waals surface area contributed by atoms with E-state index in [0.29, 0.717) is 0 Å². The van der Waals surface area contributed by atoms with Crippen LogP contribution in [0.3, 0.4) is 0 Å². The maximum Gasteiger partial charge on any atom is 0.0495 e. The first kappa shape index (κ1) is 16.9. The standard InChI is InChI=1S/C18H29NOS/c1-4-20-14-17-7-9-19(10-8-17)11-12-21-18-6-5-15(2)16(3)13-18/h5-6,13,17H,4,7-12,14H2,1-3H3. The molecule has 118 valence electrons. The number of rotatable bonds is 7. The molecule has 0 saturated carbocycles. The van der Waals surface area contributed by atoms with E-state index in [-0.39, 0.29) is 0 Å². The molecule has 0 N–H and O–H groups in total. The number of thioether (sulfide) groups is 1. The molecule has 1 saturated heterocycles. The van der Waals surface area contributed by atoms with Crippen molar-refractivity contribution in [2.45, 2.75) is 38.5 Å². The lowest BCUT2D eigenvalue weighted by molar-refractivity contribution is 0.0758. The minimum atomic E-state index is 0.786. The average Bonchev–Trinajstić information content (AvgIpc) is 2.50. The van der Waals surface area contributed by atoms with Crippen molar-refractivity contribution in [1.82, 2.24) is 4.90 Å². The van der Waals surface area contributed by atoms with Crippen LogP contribution in [0.1, 0.15) is 30.9 Å². The molecule has 0 amide bonds. The number of likely N-dealkylation sites (tertiary alicyclic amines) is 1. The Balaban J connectivity index is 1.64. The minimum absolute atomic E-state index is 0.786. The van der Waals surface area contributed by atoms with Crippen molar-refractivity contribution in [3.63, 3.8) is 0 Å². The highest BCUT2D eigenvalue weighted by molar-refractivity contribution is 7.99. The highest BCUT2D eigenvalue weighted by Gasteiger charge is 2.18. The van der Waals surface area contributed by atoms with Crippen LogP contribution in [0, 0.1) is 19.8 Å². The van der Waals surface area contributed by atoms with Crippen molar-refractivity contribution < 1.29 is 4.74 Å². The lowest BCUT2D eigenvalue weighted by Crippen LogP contribution is -2.36. The van der Waals surface area contributed by atoms with E-state index < -0.39 is 0 Å². The van der Waals surface area contributed by atoms with E-state index in [1.54, 1.807) is 0 Å². The third kappa shape index (κ3) is 5.65. The Hall–Kier alpha value is -0.510. The lowest BCUT2D eigenvalue weighted by atomic mass is 9.98. The molecule has 0 bridgehead atoms. The topological polar surface area (TPSA) is 12.5 Å². The van der Waals surface area contributed by atoms with Gasteiger partial charge < -0.3 is 9.64 Å². The molecule has 1 aromatic carbocycles. The van der Waals surface area contributed by atoms with Gasteiger partial charge in [0.25, 0.3) is 0 Å². The Morgan fingerprint density at radius 1 is 1.19 bits per heavy atom. The first-order chi connectivity index (χ1) is 10.2. The van der Waals surface area contributed by atoms with E-state index in [4.69, 9.17) is 4.74 Å². The number of hydrogen-bond donors (Lipinski definition) is 0. The van der Waals surface area contributed by atoms with Crippen LogP contribution in [0.25, 0.3) is 0 Å². The van der Waals surface area contributed by atoms with Crippen LogP contribution < -0.4 is 0 Å². The molecule has 2 nitrogen and oxygen atoms in total. The maximum absolute atomic E-state index is 5.55. The van der Waals surface area contributed by atoms with Crippen molar-refractivity contribution in [3.8, 4) is 0 Å². The normalized spacial score (nSPS) is 17.3. The molecule has 0 radical (unpaired) electrons. The van der Waals surface area contributed by atoms with Crippen molar-refractivity contribution in [2.75, 3.05) is 38.6 Å². The van der Waals surface area contributed by atoms with Gasteiger partial charge in [0.05, 0.1) is 0 Å². The molecule has 0 spiro atoms. The van der Waals surface area contributed by atoms with E-state index in [1.807, 2.05) is 11.8 Å². The summed E-state index contributed by atoms with van der Waals surface area (Å²) in [6, 6.07) is 6.80. The van der Waals surface area contributed by atoms with Gasteiger partial charge in [-0.15, -0.1) is 11.8 Å². The number of hydrogen-bond acceptors (Lipinski definition) is 3. The zero-order valence-electron chi connectivity index (χ0n) is 13.7. The predicted octanol–water partition coefficient (Wildman–Crippen LogP) is 4.14. The van der Waals surface area contributed by atoms with Gasteiger partial charge in [-0.1, -0.05) is 6.07 Å². The summed E-state index contributed by atoms with van der Waals surface area (Å²) in [7, 11) is 0. The Kier molecular flexibility index (Phi) is 7.08. The monoisotopic (exact) mass is 307 g/mol. The van der Waals surface area contributed by atoms with Crippen molar-refractivity contribution in [3.05, 3.63) is 29.3 Å². The molecule has 0 unspecified atom stereocenters. The minimum Gasteiger partial charge on any atom is -0.381 e. The van der Waals surface area contributed by atoms with Crippen molar-refractivity contribution >= 4 is 11.8 Å². The fourth-order valence-electron chi connectivity index (χ4n) is 2.76. The van der Waals surface area contributed by atoms with Gasteiger partial charge in [-0.05, 0) is 75.9 Å². The van der Waals surface area contributed by atoms with E-state index in [1.165, 1.54) is 54.3 Å². The zero-order chi connectivity index (χ0) is 15.1. The second kappa shape index (κ2) is 8.82. The molecule has 0 aliphatic carbocycles. The fourth-order valence-corrected chi connectivity index (χ4v) is 3.77. The number of ether oxygens (including phenoxy) is 1. The van der Waals surface area contributed by atoms with E-state index in [9.17, 15) is 0 Å². The van der Waals surface area contributed by atoms with Crippen LogP contribution in [-0.2, 0) is 4.74 Å². The highest BCUT2D eigenvalue weighted by Crippen LogP contribution is 2.22. The summed E-state index contributed by atoms with van der Waals surface area (Å²) < 4.78 is 5.55. The summed E-state index contributed by atoms with van der Waals surface area (Å²) in [6.45, 7) is 12.0. The zero-order valence-corrected chi connectivity index (χ0v) is 14.5. The summed E-state index contributed by atoms with van der Waals surface area (Å²) in [5.41, 5.74) is 2.78. The van der Waals surface area contributed by atoms with Gasteiger partial charge in [-0.3, -0.25) is 0 Å². The van der Waals surface area contributed by atoms with Gasteiger partial charge in [0.1, 0.15) is 0 Å². The molecular formula is C18H29NOS. The SMILES string of the molecule is CCOCC1CCN(CCSc2ccc(C)c(C)c2)CC1. The first-order valence-corrected chi connectivity index (χ1v) is 9.17. The van der Waals surface area contributed by atoms with Crippen LogP contribution in [0.2, 0.25) is 0 Å². The van der Waals surface area contributed by atoms with E-state index in [0.717, 1.165) is 19.1 Å². The summed E-state index contributed by atoms with van der Waals surface area (Å²) in [5.74, 6) is 1.98. The molecule has 1 heterocycles. The largest absolute Gasteiger partial charge is 0.381 e. The smallest absolute Gasteiger partial charge is 0.0495 e. The molecular weight excluding hydrogens is 278 g/mol. The number of benzene rings is 1. The second-order valence-electron chi connectivity index (χ2n) is 6.04. The van der Waals surface area contributed by atoms with E-state index >= 15 is 0 Å². The third-order valence-electron chi connectivity index (χ3n) is 4.42. The Morgan fingerprint density at radius 3 is 2.62 bits per heavy atom. The Labute approximate surface area is 134 Å². The number of piperidine rings is 1. The van der Waals surface area contributed by atoms with Crippen LogP contribution in [0.15, 0.2) is 23.1 Å². The van der Waals surface area contributed by atoms with Gasteiger partial charge in [0.15, 0.2) is 0 Å². The van der Waals surface area contributed by atoms with Crippen molar-refractivity contribution in [1.29, 1.82) is 0 Å². The molecule has 0 aromatic heterocycles. The van der Waals surface area contributed by atoms with Crippen LogP contribution >= 0.6 is 11.8 Å². The quantitative estimate of drug-likeness (QED) is 0.702. The van der Waals surface area contributed by atoms with Crippen LogP contribution in [-0.4, -0.2) is 43.5 Å². The summed E-state index contributed by atoms with van der Waals surface area (Å²) in [4.78, 5) is 4.01. The molecule has 0 atom stereocenters. The molecule has 1 aliphatic heterocycles. The van der Waals surface area contributed by atoms with Crippen LogP contribution in [0.4, 0.5) is 0 Å².